The molecule has 1 spiro atoms. The maximum atomic E-state index is 12.8. The minimum Gasteiger partial charge on any atom is -0.459 e. The van der Waals surface area contributed by atoms with Gasteiger partial charge in [-0.3, -0.25) is 19.4 Å². The minimum atomic E-state index is -0.787. The third kappa shape index (κ3) is 9.46. The normalized spacial score (nSPS) is 35.7. The Balaban J connectivity index is 1.26. The third-order valence-corrected chi connectivity index (χ3v) is 8.74. The zero-order valence-electron chi connectivity index (χ0n) is 26.1. The summed E-state index contributed by atoms with van der Waals surface area (Å²) >= 11 is 0. The highest BCUT2D eigenvalue weighted by Gasteiger charge is 2.58. The number of amides is 2. The number of hydrazine groups is 1. The number of rotatable bonds is 10. The maximum absolute atomic E-state index is 12.8. The lowest BCUT2D eigenvalue weighted by Crippen LogP contribution is -2.52. The molecule has 0 aliphatic carbocycles. The average molecular weight is 604 g/mol. The van der Waals surface area contributed by atoms with E-state index in [4.69, 9.17) is 18.9 Å². The van der Waals surface area contributed by atoms with E-state index in [9.17, 15) is 19.5 Å². The van der Waals surface area contributed by atoms with Crippen molar-refractivity contribution in [3.05, 3.63) is 36.0 Å². The number of carbonyl (C=O) groups excluding carboxylic acids is 3. The number of hydrogen-bond donors (Lipinski definition) is 3. The van der Waals surface area contributed by atoms with Gasteiger partial charge in [0.1, 0.15) is 23.9 Å². The zero-order valence-corrected chi connectivity index (χ0v) is 26.1. The molecule has 0 bridgehead atoms. The van der Waals surface area contributed by atoms with Crippen LogP contribution in [0.2, 0.25) is 0 Å². The molecule has 0 saturated carbocycles. The lowest BCUT2D eigenvalue weighted by atomic mass is 9.87. The van der Waals surface area contributed by atoms with Gasteiger partial charge in [-0.1, -0.05) is 30.7 Å². The summed E-state index contributed by atoms with van der Waals surface area (Å²) in [6.45, 7) is 11.1. The molecule has 43 heavy (non-hydrogen) atoms. The molecular weight excluding hydrogens is 554 g/mol. The second-order valence-electron chi connectivity index (χ2n) is 12.5. The average Bonchev–Trinajstić information content (AvgIpc) is 3.74. The number of nitrogens with one attached hydrogen (secondary N) is 2. The topological polar surface area (TPSA) is 139 Å². The summed E-state index contributed by atoms with van der Waals surface area (Å²) in [4.78, 5) is 36.2. The highest BCUT2D eigenvalue weighted by atomic mass is 16.6. The highest BCUT2D eigenvalue weighted by molar-refractivity contribution is 5.87. The van der Waals surface area contributed by atoms with Crippen molar-refractivity contribution in [2.24, 2.45) is 5.92 Å². The van der Waals surface area contributed by atoms with Gasteiger partial charge in [-0.05, 0) is 58.4 Å². The van der Waals surface area contributed by atoms with Gasteiger partial charge in [-0.25, -0.2) is 5.43 Å². The Morgan fingerprint density at radius 1 is 1.19 bits per heavy atom. The van der Waals surface area contributed by atoms with Gasteiger partial charge in [0.2, 0.25) is 11.8 Å². The van der Waals surface area contributed by atoms with Crippen LogP contribution in [-0.2, 0) is 33.3 Å². The van der Waals surface area contributed by atoms with Crippen LogP contribution in [0, 0.1) is 5.92 Å². The number of hydrogen-bond acceptors (Lipinski definition) is 9. The molecule has 0 aromatic heterocycles. The summed E-state index contributed by atoms with van der Waals surface area (Å²) in [6, 6.07) is -0.121. The van der Waals surface area contributed by atoms with Crippen molar-refractivity contribution >= 4 is 17.8 Å². The first-order chi connectivity index (χ1) is 20.5. The third-order valence-electron chi connectivity index (χ3n) is 8.74. The van der Waals surface area contributed by atoms with Crippen LogP contribution >= 0.6 is 0 Å². The van der Waals surface area contributed by atoms with Crippen molar-refractivity contribution < 1.29 is 38.4 Å². The van der Waals surface area contributed by atoms with Gasteiger partial charge >= 0.3 is 5.97 Å². The first kappa shape index (κ1) is 33.3. The fraction of sp³-hybridized carbons (Fsp3) is 0.719. The molecule has 11 heteroatoms. The Labute approximate surface area is 255 Å². The fourth-order valence-corrected chi connectivity index (χ4v) is 6.09. The van der Waals surface area contributed by atoms with E-state index in [0.717, 1.165) is 31.4 Å². The molecule has 0 radical (unpaired) electrons. The number of allylic oxidation sites excluding steroid dienone is 2. The predicted molar refractivity (Wildman–Crippen MR) is 159 cm³/mol. The molecule has 4 fully saturated rings. The van der Waals surface area contributed by atoms with Gasteiger partial charge in [-0.15, -0.1) is 0 Å². The summed E-state index contributed by atoms with van der Waals surface area (Å²) in [6.07, 6.45) is 10.9. The molecule has 2 amide bonds. The van der Waals surface area contributed by atoms with Crippen molar-refractivity contribution in [1.82, 2.24) is 15.8 Å². The summed E-state index contributed by atoms with van der Waals surface area (Å²) in [7, 11) is 0. The molecule has 4 aliphatic heterocycles. The molecular formula is C32H49N3O8. The van der Waals surface area contributed by atoms with E-state index in [1.807, 2.05) is 26.0 Å². The molecule has 11 nitrogen and oxygen atoms in total. The summed E-state index contributed by atoms with van der Waals surface area (Å²) in [5.74, 6) is -0.401. The number of nitrogens with zero attached hydrogens (tertiary/aromatic N) is 1. The van der Waals surface area contributed by atoms with Crippen LogP contribution < -0.4 is 10.7 Å². The molecule has 240 valence electrons. The van der Waals surface area contributed by atoms with Crippen LogP contribution in [0.15, 0.2) is 36.0 Å². The smallest absolute Gasteiger partial charge is 0.303 e. The van der Waals surface area contributed by atoms with Crippen molar-refractivity contribution in [3.63, 3.8) is 0 Å². The van der Waals surface area contributed by atoms with E-state index in [1.165, 1.54) is 13.0 Å². The Bertz CT molecular complexity index is 1080. The standard InChI is InChI=1S/C32H49N3O8/c1-20(8-11-27-21(2)16-26(23(4)42-27)34-29(37)13-10-22(3)41-24(5)36)9-12-28-31(39)32(19-40-32)18-25(43-28)17-30(38)35-15-7-6-14-33-35/h8-10,12-13,21-23,25-28,31,33,39H,6-7,11,14-19H2,1-5H3,(H,34,37)/b12-9+,13-10?,20-8+/t21-,22?,23+,25+,26+,27-,28+,31+,32+/m0/s1. The van der Waals surface area contributed by atoms with Gasteiger partial charge in [0.25, 0.3) is 0 Å². The molecule has 0 aromatic rings. The van der Waals surface area contributed by atoms with Crippen LogP contribution in [0.5, 0.6) is 0 Å². The Hall–Kier alpha value is -2.57. The number of ether oxygens (including phenoxy) is 4. The van der Waals surface area contributed by atoms with E-state index < -0.39 is 29.9 Å². The molecule has 4 heterocycles. The van der Waals surface area contributed by atoms with E-state index in [0.29, 0.717) is 26.0 Å². The van der Waals surface area contributed by atoms with Gasteiger partial charge in [-0.2, -0.15) is 0 Å². The first-order valence-corrected chi connectivity index (χ1v) is 15.6. The molecule has 4 saturated heterocycles. The summed E-state index contributed by atoms with van der Waals surface area (Å²) in [5, 5.41) is 15.6. The molecule has 3 N–H and O–H groups in total. The van der Waals surface area contributed by atoms with Gasteiger partial charge in [0, 0.05) is 32.5 Å². The predicted octanol–water partition coefficient (Wildman–Crippen LogP) is 2.49. The fourth-order valence-electron chi connectivity index (χ4n) is 6.09. The number of carbonyl (C=O) groups is 3. The van der Waals surface area contributed by atoms with E-state index in [2.05, 4.69) is 23.7 Å². The maximum Gasteiger partial charge on any atom is 0.303 e. The largest absolute Gasteiger partial charge is 0.459 e. The molecule has 9 atom stereocenters. The SMILES string of the molecule is CC(=O)OC(C)C=CC(=O)N[C@@H]1C[C@H](C)[C@H](C/C=C(C)/C=C/[C@H]2O[C@H](CC(=O)N3CCCCN3)C[C@@]3(CO3)[C@@H]2O)O[C@@H]1C. The molecule has 0 aromatic carbocycles. The van der Waals surface area contributed by atoms with Gasteiger partial charge in [0.15, 0.2) is 0 Å². The Kier molecular flexibility index (Phi) is 11.6. The lowest BCUT2D eigenvalue weighted by molar-refractivity contribution is -0.154. The van der Waals surface area contributed by atoms with Crippen LogP contribution in [0.3, 0.4) is 0 Å². The van der Waals surface area contributed by atoms with Crippen LogP contribution in [0.1, 0.15) is 73.1 Å². The van der Waals surface area contributed by atoms with Gasteiger partial charge < -0.3 is 29.4 Å². The van der Waals surface area contributed by atoms with Gasteiger partial charge in [0.05, 0.1) is 37.4 Å². The van der Waals surface area contributed by atoms with Crippen LogP contribution in [-0.4, -0.2) is 95.9 Å². The van der Waals surface area contributed by atoms with Crippen molar-refractivity contribution in [1.29, 1.82) is 0 Å². The number of aliphatic hydroxyl groups excluding tert-OH is 1. The molecule has 4 aliphatic rings. The van der Waals surface area contributed by atoms with Crippen LogP contribution in [0.4, 0.5) is 0 Å². The summed E-state index contributed by atoms with van der Waals surface area (Å²) < 4.78 is 23.2. The van der Waals surface area contributed by atoms with E-state index >= 15 is 0 Å². The number of epoxide rings is 1. The van der Waals surface area contributed by atoms with E-state index in [-0.39, 0.29) is 48.5 Å². The van der Waals surface area contributed by atoms with E-state index in [1.54, 1.807) is 18.0 Å². The highest BCUT2D eigenvalue weighted by Crippen LogP contribution is 2.43. The number of esters is 1. The second kappa shape index (κ2) is 14.9. The summed E-state index contributed by atoms with van der Waals surface area (Å²) in [5.41, 5.74) is 3.54. The van der Waals surface area contributed by atoms with Crippen molar-refractivity contribution in [2.75, 3.05) is 19.7 Å². The molecule has 1 unspecified atom stereocenters. The van der Waals surface area contributed by atoms with Crippen molar-refractivity contribution in [2.45, 2.75) is 121 Å². The van der Waals surface area contributed by atoms with Crippen LogP contribution in [0.25, 0.3) is 0 Å². The lowest BCUT2D eigenvalue weighted by Gasteiger charge is -2.39. The number of aliphatic hydroxyl groups is 1. The second-order valence-corrected chi connectivity index (χ2v) is 12.5. The molecule has 4 rings (SSSR count). The monoisotopic (exact) mass is 603 g/mol. The quantitative estimate of drug-likeness (QED) is 0.149. The Morgan fingerprint density at radius 2 is 1.95 bits per heavy atom. The zero-order chi connectivity index (χ0) is 31.1. The minimum absolute atomic E-state index is 0.00415. The first-order valence-electron chi connectivity index (χ1n) is 15.6. The Morgan fingerprint density at radius 3 is 2.63 bits per heavy atom. The van der Waals surface area contributed by atoms with Crippen molar-refractivity contribution in [3.8, 4) is 0 Å².